The van der Waals surface area contributed by atoms with Crippen LogP contribution in [-0.2, 0) is 23.0 Å². The van der Waals surface area contributed by atoms with Crippen LogP contribution in [-0.4, -0.2) is 18.6 Å². The summed E-state index contributed by atoms with van der Waals surface area (Å²) in [5.41, 5.74) is 0. The third-order valence-electron chi connectivity index (χ3n) is 3.21. The minimum Gasteiger partial charge on any atom is -0.339 e. The Morgan fingerprint density at radius 2 is 2.00 bits per heavy atom. The molecule has 0 radical (unpaired) electrons. The van der Waals surface area contributed by atoms with Crippen molar-refractivity contribution in [3.63, 3.8) is 0 Å². The minimum absolute atomic E-state index is 0.00870. The molecule has 3 rings (SSSR count). The average Bonchev–Trinajstić information content (AvgIpc) is 3.14. The summed E-state index contributed by atoms with van der Waals surface area (Å²) < 4.78 is 44.2. The zero-order valence-electron chi connectivity index (χ0n) is 11.1. The second-order valence-corrected chi connectivity index (χ2v) is 6.80. The third kappa shape index (κ3) is 3.64. The molecule has 0 bridgehead atoms. The van der Waals surface area contributed by atoms with Crippen LogP contribution >= 0.6 is 0 Å². The zero-order valence-corrected chi connectivity index (χ0v) is 11.9. The first-order valence-electron chi connectivity index (χ1n) is 6.59. The second-order valence-electron chi connectivity index (χ2n) is 5.03. The Kier molecular flexibility index (Phi) is 3.73. The Balaban J connectivity index is 1.62. The lowest BCUT2D eigenvalue weighted by molar-refractivity contribution is 0.367. The first-order chi connectivity index (χ1) is 10.0. The molecule has 0 atom stereocenters. The van der Waals surface area contributed by atoms with Gasteiger partial charge in [0.2, 0.25) is 15.9 Å². The van der Waals surface area contributed by atoms with Crippen LogP contribution in [0.4, 0.5) is 4.39 Å². The smallest absolute Gasteiger partial charge is 0.240 e. The van der Waals surface area contributed by atoms with E-state index in [1.54, 1.807) is 0 Å². The van der Waals surface area contributed by atoms with E-state index in [1.807, 2.05) is 0 Å². The maximum Gasteiger partial charge on any atom is 0.240 e. The summed E-state index contributed by atoms with van der Waals surface area (Å²) in [7, 11) is -3.72. The lowest BCUT2D eigenvalue weighted by Gasteiger charge is -2.04. The van der Waals surface area contributed by atoms with E-state index >= 15 is 0 Å². The topological polar surface area (TPSA) is 85.1 Å². The Morgan fingerprint density at radius 3 is 2.67 bits per heavy atom. The number of hydrogen-bond donors (Lipinski definition) is 1. The van der Waals surface area contributed by atoms with E-state index in [-0.39, 0.29) is 17.3 Å². The largest absolute Gasteiger partial charge is 0.339 e. The van der Waals surface area contributed by atoms with Crippen LogP contribution in [0.25, 0.3) is 0 Å². The lowest BCUT2D eigenvalue weighted by atomic mass is 10.3. The van der Waals surface area contributed by atoms with E-state index in [4.69, 9.17) is 4.52 Å². The molecule has 1 aromatic carbocycles. The van der Waals surface area contributed by atoms with Gasteiger partial charge < -0.3 is 4.52 Å². The van der Waals surface area contributed by atoms with Gasteiger partial charge in [0.25, 0.3) is 0 Å². The van der Waals surface area contributed by atoms with Gasteiger partial charge in [-0.25, -0.2) is 17.5 Å². The number of hydrogen-bond acceptors (Lipinski definition) is 5. The molecule has 1 aromatic heterocycles. The highest BCUT2D eigenvalue weighted by molar-refractivity contribution is 7.89. The zero-order chi connectivity index (χ0) is 14.9. The fourth-order valence-electron chi connectivity index (χ4n) is 1.87. The van der Waals surface area contributed by atoms with Crippen LogP contribution in [0.5, 0.6) is 0 Å². The first-order valence-corrected chi connectivity index (χ1v) is 8.08. The van der Waals surface area contributed by atoms with Crippen LogP contribution < -0.4 is 4.72 Å². The van der Waals surface area contributed by atoms with Crippen molar-refractivity contribution in [2.45, 2.75) is 30.7 Å². The summed E-state index contributed by atoms with van der Waals surface area (Å²) in [6.07, 6.45) is 3.10. The standard InChI is InChI=1S/C13H14FN3O3S/c14-10-3-5-11(6-4-10)21(18,19)15-8-12-16-13(20-17-12)7-9-1-2-9/h3-6,9,15H,1-2,7-8H2. The van der Waals surface area contributed by atoms with E-state index in [1.165, 1.54) is 25.0 Å². The molecule has 1 fully saturated rings. The summed E-state index contributed by atoms with van der Waals surface area (Å²) in [6, 6.07) is 4.59. The van der Waals surface area contributed by atoms with E-state index < -0.39 is 15.8 Å². The first kappa shape index (κ1) is 14.2. The Morgan fingerprint density at radius 1 is 1.29 bits per heavy atom. The number of benzene rings is 1. The molecule has 112 valence electrons. The second kappa shape index (κ2) is 5.53. The molecule has 2 aromatic rings. The normalized spacial score (nSPS) is 15.3. The quantitative estimate of drug-likeness (QED) is 0.876. The monoisotopic (exact) mass is 311 g/mol. The molecule has 0 saturated heterocycles. The molecule has 0 amide bonds. The maximum atomic E-state index is 12.8. The molecule has 1 saturated carbocycles. The summed E-state index contributed by atoms with van der Waals surface area (Å²) >= 11 is 0. The maximum absolute atomic E-state index is 12.8. The molecule has 6 nitrogen and oxygen atoms in total. The number of aromatic nitrogens is 2. The van der Waals surface area contributed by atoms with Gasteiger partial charge in [-0.05, 0) is 43.0 Å². The summed E-state index contributed by atoms with van der Waals surface area (Å²) in [5.74, 6) is 0.954. The Labute approximate surface area is 121 Å². The molecule has 1 N–H and O–H groups in total. The van der Waals surface area contributed by atoms with Crippen molar-refractivity contribution in [2.24, 2.45) is 5.92 Å². The third-order valence-corrected chi connectivity index (χ3v) is 4.63. The van der Waals surface area contributed by atoms with Gasteiger partial charge in [-0.2, -0.15) is 4.98 Å². The van der Waals surface area contributed by atoms with Gasteiger partial charge in [0.05, 0.1) is 11.4 Å². The number of nitrogens with zero attached hydrogens (tertiary/aromatic N) is 2. The van der Waals surface area contributed by atoms with Gasteiger partial charge in [-0.1, -0.05) is 5.16 Å². The van der Waals surface area contributed by atoms with Crippen LogP contribution in [0.15, 0.2) is 33.7 Å². The van der Waals surface area contributed by atoms with Crippen molar-refractivity contribution in [1.82, 2.24) is 14.9 Å². The van der Waals surface area contributed by atoms with Crippen LogP contribution in [0.3, 0.4) is 0 Å². The molecule has 8 heteroatoms. The highest BCUT2D eigenvalue weighted by Crippen LogP contribution is 2.31. The highest BCUT2D eigenvalue weighted by Gasteiger charge is 2.24. The summed E-state index contributed by atoms with van der Waals surface area (Å²) in [5, 5.41) is 3.73. The number of rotatable bonds is 6. The fourth-order valence-corrected chi connectivity index (χ4v) is 2.85. The van der Waals surface area contributed by atoms with Crippen LogP contribution in [0, 0.1) is 11.7 Å². The summed E-state index contributed by atoms with van der Waals surface area (Å²) in [4.78, 5) is 4.13. The Hall–Kier alpha value is -1.80. The molecular weight excluding hydrogens is 297 g/mol. The predicted molar refractivity (Wildman–Crippen MR) is 71.2 cm³/mol. The number of nitrogens with one attached hydrogen (secondary N) is 1. The van der Waals surface area contributed by atoms with Crippen molar-refractivity contribution in [1.29, 1.82) is 0 Å². The van der Waals surface area contributed by atoms with Gasteiger partial charge in [-0.15, -0.1) is 0 Å². The molecule has 1 heterocycles. The van der Waals surface area contributed by atoms with Crippen molar-refractivity contribution >= 4 is 10.0 Å². The van der Waals surface area contributed by atoms with Crippen molar-refractivity contribution in [3.8, 4) is 0 Å². The predicted octanol–water partition coefficient (Wildman–Crippen LogP) is 1.64. The van der Waals surface area contributed by atoms with Gasteiger partial charge in [0.15, 0.2) is 5.82 Å². The number of sulfonamides is 1. The van der Waals surface area contributed by atoms with Gasteiger partial charge in [0.1, 0.15) is 5.82 Å². The van der Waals surface area contributed by atoms with E-state index in [2.05, 4.69) is 14.9 Å². The minimum atomic E-state index is -3.72. The van der Waals surface area contributed by atoms with Gasteiger partial charge >= 0.3 is 0 Å². The Bertz CT molecular complexity index is 723. The molecular formula is C13H14FN3O3S. The molecule has 1 aliphatic rings. The van der Waals surface area contributed by atoms with E-state index in [9.17, 15) is 12.8 Å². The molecule has 0 unspecified atom stereocenters. The summed E-state index contributed by atoms with van der Waals surface area (Å²) in [6.45, 7) is -0.0616. The molecule has 21 heavy (non-hydrogen) atoms. The molecule has 1 aliphatic carbocycles. The molecule has 0 spiro atoms. The SMILES string of the molecule is O=S(=O)(NCc1noc(CC2CC2)n1)c1ccc(F)cc1. The molecule has 0 aliphatic heterocycles. The fraction of sp³-hybridized carbons (Fsp3) is 0.385. The number of halogens is 1. The van der Waals surface area contributed by atoms with Gasteiger partial charge in [-0.3, -0.25) is 0 Å². The van der Waals surface area contributed by atoms with Crippen molar-refractivity contribution in [2.75, 3.05) is 0 Å². The lowest BCUT2D eigenvalue weighted by Crippen LogP contribution is -2.23. The van der Waals surface area contributed by atoms with Crippen molar-refractivity contribution < 1.29 is 17.3 Å². The highest BCUT2D eigenvalue weighted by atomic mass is 32.2. The van der Waals surface area contributed by atoms with Crippen LogP contribution in [0.1, 0.15) is 24.6 Å². The average molecular weight is 311 g/mol. The van der Waals surface area contributed by atoms with Crippen molar-refractivity contribution in [3.05, 3.63) is 41.8 Å². The van der Waals surface area contributed by atoms with E-state index in [0.29, 0.717) is 11.8 Å². The van der Waals surface area contributed by atoms with E-state index in [0.717, 1.165) is 18.6 Å². The van der Waals surface area contributed by atoms with Gasteiger partial charge in [0, 0.05) is 6.42 Å². The van der Waals surface area contributed by atoms with Crippen LogP contribution in [0.2, 0.25) is 0 Å².